The van der Waals surface area contributed by atoms with Crippen molar-refractivity contribution in [1.82, 2.24) is 5.32 Å². The van der Waals surface area contributed by atoms with Crippen LogP contribution in [0.3, 0.4) is 0 Å². The van der Waals surface area contributed by atoms with Gasteiger partial charge in [0.05, 0.1) is 0 Å². The van der Waals surface area contributed by atoms with E-state index < -0.39 is 0 Å². The summed E-state index contributed by atoms with van der Waals surface area (Å²) in [5, 5.41) is 2.85. The van der Waals surface area contributed by atoms with E-state index >= 15 is 0 Å². The summed E-state index contributed by atoms with van der Waals surface area (Å²) in [4.78, 5) is 4.44. The third-order valence-electron chi connectivity index (χ3n) is 0.857. The Morgan fingerprint density at radius 1 is 1.56 bits per heavy atom. The van der Waals surface area contributed by atoms with E-state index in [-0.39, 0.29) is 31.0 Å². The summed E-state index contributed by atoms with van der Waals surface area (Å²) in [6.45, 7) is 1.99. The van der Waals surface area contributed by atoms with E-state index in [1.54, 1.807) is 7.05 Å². The van der Waals surface area contributed by atoms with Gasteiger partial charge in [-0.3, -0.25) is 10.2 Å². The van der Waals surface area contributed by atoms with E-state index in [9.17, 15) is 0 Å². The predicted molar refractivity (Wildman–Crippen MR) is 42.9 cm³/mol. The van der Waals surface area contributed by atoms with E-state index in [1.165, 1.54) is 0 Å². The minimum absolute atomic E-state index is 0. The smallest absolute Gasteiger partial charge is 0.128 e. The van der Waals surface area contributed by atoms with Gasteiger partial charge in [0.25, 0.3) is 0 Å². The molecule has 0 spiro atoms. The van der Waals surface area contributed by atoms with E-state index in [0.29, 0.717) is 0 Å². The Balaban J connectivity index is -0.000000180. The fourth-order valence-corrected chi connectivity index (χ4v) is 0.368. The Morgan fingerprint density at radius 2 is 2.00 bits per heavy atom. The van der Waals surface area contributed by atoms with Gasteiger partial charge in [0.15, 0.2) is 0 Å². The van der Waals surface area contributed by atoms with Crippen LogP contribution in [0.25, 0.3) is 0 Å². The summed E-state index contributed by atoms with van der Waals surface area (Å²) in [5.74, 6) is 4.83. The van der Waals surface area contributed by atoms with Gasteiger partial charge in [-0.2, -0.15) is 0 Å². The first-order valence-corrected chi connectivity index (χ1v) is 2.38. The van der Waals surface area contributed by atoms with Crippen molar-refractivity contribution in [3.63, 3.8) is 0 Å². The second-order valence-corrected chi connectivity index (χ2v) is 1.32. The second kappa shape index (κ2) is 11.3. The number of rotatable bonds is 3. The molecule has 0 aromatic heterocycles. The zero-order chi connectivity index (χ0) is 5.70. The van der Waals surface area contributed by atoms with Crippen molar-refractivity contribution in [2.24, 2.45) is 5.90 Å². The van der Waals surface area contributed by atoms with Gasteiger partial charge in [-0.05, 0) is 13.5 Å². The highest BCUT2D eigenvalue weighted by Gasteiger charge is 1.95. The molecule has 0 aliphatic heterocycles. The van der Waals surface area contributed by atoms with Gasteiger partial charge < -0.3 is 0 Å². The highest BCUT2D eigenvalue weighted by Crippen LogP contribution is 1.84. The molecule has 0 aliphatic carbocycles. The van der Waals surface area contributed by atoms with Gasteiger partial charge in [0.2, 0.25) is 0 Å². The lowest BCUT2D eigenvalue weighted by molar-refractivity contribution is 0.0322. The molecule has 5 heteroatoms. The molecule has 3 nitrogen and oxygen atoms in total. The second-order valence-electron chi connectivity index (χ2n) is 1.32. The topological polar surface area (TPSA) is 47.3 Å². The maximum absolute atomic E-state index is 4.83. The summed E-state index contributed by atoms with van der Waals surface area (Å²) >= 11 is 0. The third-order valence-corrected chi connectivity index (χ3v) is 0.857. The van der Waals surface area contributed by atoms with Crippen molar-refractivity contribution in [2.45, 2.75) is 19.6 Å². The van der Waals surface area contributed by atoms with Crippen LogP contribution < -0.4 is 11.2 Å². The molecule has 0 saturated heterocycles. The monoisotopic (exact) mass is 176 g/mol. The van der Waals surface area contributed by atoms with Crippen LogP contribution >= 0.6 is 24.8 Å². The lowest BCUT2D eigenvalue weighted by atomic mass is 10.4. The molecule has 0 radical (unpaired) electrons. The first kappa shape index (κ1) is 16.2. The molecule has 60 valence electrons. The average molecular weight is 177 g/mol. The molecule has 1 unspecified atom stereocenters. The molecule has 0 fully saturated rings. The van der Waals surface area contributed by atoms with Crippen LogP contribution in [-0.2, 0) is 4.84 Å². The normalized spacial score (nSPS) is 11.0. The highest BCUT2D eigenvalue weighted by molar-refractivity contribution is 5.85. The maximum atomic E-state index is 4.83. The molecule has 1 atom stereocenters. The largest absolute Gasteiger partial charge is 0.294 e. The van der Waals surface area contributed by atoms with Crippen molar-refractivity contribution >= 4 is 24.8 Å². The number of hydrogen-bond donors (Lipinski definition) is 2. The number of halogens is 2. The number of nitrogens with two attached hydrogens (primary N) is 1. The van der Waals surface area contributed by atoms with Crippen LogP contribution in [0.4, 0.5) is 0 Å². The molecule has 0 saturated carbocycles. The van der Waals surface area contributed by atoms with Gasteiger partial charge in [-0.25, -0.2) is 5.90 Å². The van der Waals surface area contributed by atoms with Gasteiger partial charge >= 0.3 is 0 Å². The molecule has 0 aliphatic rings. The summed E-state index contributed by atoms with van der Waals surface area (Å²) < 4.78 is 0. The Bertz CT molecular complexity index is 38.0. The van der Waals surface area contributed by atoms with E-state index in [4.69, 9.17) is 5.90 Å². The summed E-state index contributed by atoms with van der Waals surface area (Å²) in [6.07, 6.45) is 0.910. The Kier molecular flexibility index (Phi) is 20.3. The van der Waals surface area contributed by atoms with Crippen LogP contribution in [0, 0.1) is 0 Å². The third kappa shape index (κ3) is 8.46. The van der Waals surface area contributed by atoms with E-state index in [0.717, 1.165) is 6.42 Å². The van der Waals surface area contributed by atoms with Crippen molar-refractivity contribution in [3.05, 3.63) is 0 Å². The maximum Gasteiger partial charge on any atom is 0.128 e. The number of hydrogen-bond acceptors (Lipinski definition) is 3. The highest BCUT2D eigenvalue weighted by atomic mass is 35.5. The summed E-state index contributed by atoms with van der Waals surface area (Å²) in [5.41, 5.74) is 0. The van der Waals surface area contributed by atoms with Crippen molar-refractivity contribution in [3.8, 4) is 0 Å². The molecule has 0 amide bonds. The minimum Gasteiger partial charge on any atom is -0.294 e. The van der Waals surface area contributed by atoms with Crippen LogP contribution in [-0.4, -0.2) is 13.3 Å². The van der Waals surface area contributed by atoms with Crippen LogP contribution in [0.2, 0.25) is 0 Å². The van der Waals surface area contributed by atoms with Crippen molar-refractivity contribution in [2.75, 3.05) is 7.05 Å². The molecule has 0 rings (SSSR count). The first-order chi connectivity index (χ1) is 3.35. The SMILES string of the molecule is CCC(NC)ON.Cl.Cl. The molecule has 0 aromatic rings. The average Bonchev–Trinajstić information content (AvgIpc) is 1.72. The fraction of sp³-hybridized carbons (Fsp3) is 1.00. The Labute approximate surface area is 68.1 Å². The quantitative estimate of drug-likeness (QED) is 0.492. The predicted octanol–water partition coefficient (Wildman–Crippen LogP) is 0.676. The van der Waals surface area contributed by atoms with Gasteiger partial charge in [0.1, 0.15) is 6.23 Å². The fourth-order valence-electron chi connectivity index (χ4n) is 0.368. The first-order valence-electron chi connectivity index (χ1n) is 2.38. The van der Waals surface area contributed by atoms with Gasteiger partial charge in [-0.1, -0.05) is 6.92 Å². The lowest BCUT2D eigenvalue weighted by Gasteiger charge is -2.08. The zero-order valence-electron chi connectivity index (χ0n) is 5.59. The molecule has 0 bridgehead atoms. The zero-order valence-corrected chi connectivity index (χ0v) is 7.22. The molecular weight excluding hydrogens is 163 g/mol. The van der Waals surface area contributed by atoms with Gasteiger partial charge in [-0.15, -0.1) is 24.8 Å². The van der Waals surface area contributed by atoms with E-state index in [1.807, 2.05) is 6.92 Å². The standard InChI is InChI=1S/C4H12N2O.2ClH/c1-3-4(6-2)7-5;;/h4,6H,3,5H2,1-2H3;2*1H. The van der Waals surface area contributed by atoms with E-state index in [2.05, 4.69) is 10.2 Å². The van der Waals surface area contributed by atoms with Crippen LogP contribution in [0.15, 0.2) is 0 Å². The Hall–Kier alpha value is 0.460. The Morgan fingerprint density at radius 3 is 2.00 bits per heavy atom. The molecule has 0 aromatic carbocycles. The molecule has 9 heavy (non-hydrogen) atoms. The summed E-state index contributed by atoms with van der Waals surface area (Å²) in [6, 6.07) is 0. The number of nitrogens with one attached hydrogen (secondary N) is 1. The van der Waals surface area contributed by atoms with Crippen LogP contribution in [0.5, 0.6) is 0 Å². The summed E-state index contributed by atoms with van der Waals surface area (Å²) in [7, 11) is 1.81. The van der Waals surface area contributed by atoms with Gasteiger partial charge in [0, 0.05) is 0 Å². The minimum atomic E-state index is 0. The molecular formula is C4H14Cl2N2O. The lowest BCUT2D eigenvalue weighted by Crippen LogP contribution is -2.29. The van der Waals surface area contributed by atoms with Crippen LogP contribution in [0.1, 0.15) is 13.3 Å². The molecule has 0 heterocycles. The molecule has 3 N–H and O–H groups in total. The van der Waals surface area contributed by atoms with Crippen molar-refractivity contribution in [1.29, 1.82) is 0 Å². The van der Waals surface area contributed by atoms with Crippen molar-refractivity contribution < 1.29 is 4.84 Å².